The van der Waals surface area contributed by atoms with Crippen LogP contribution in [0, 0.1) is 0 Å². The number of aromatic nitrogens is 1. The predicted molar refractivity (Wildman–Crippen MR) is 119 cm³/mol. The SMILES string of the molecule is CN=C(NCCn1cccc1)NCc1ccccc1OCCN(C)C.I. The summed E-state index contributed by atoms with van der Waals surface area (Å²) in [7, 11) is 5.87. The Kier molecular flexibility index (Phi) is 10.8. The molecule has 0 bridgehead atoms. The molecule has 0 aliphatic rings. The molecule has 2 N–H and O–H groups in total. The highest BCUT2D eigenvalue weighted by molar-refractivity contribution is 14.0. The molecule has 144 valence electrons. The standard InChI is InChI=1S/C19H29N5O.HI/c1-20-19(21-10-13-24-11-6-7-12-24)22-16-17-8-4-5-9-18(17)25-15-14-23(2)3;/h4-9,11-12H,10,13-16H2,1-3H3,(H2,20,21,22);1H. The summed E-state index contributed by atoms with van der Waals surface area (Å²) in [6.45, 7) is 3.95. The highest BCUT2D eigenvalue weighted by atomic mass is 127. The van der Waals surface area contributed by atoms with Gasteiger partial charge in [-0.15, -0.1) is 24.0 Å². The second kappa shape index (κ2) is 12.6. The number of nitrogens with one attached hydrogen (secondary N) is 2. The van der Waals surface area contributed by atoms with E-state index in [0.717, 1.165) is 36.9 Å². The summed E-state index contributed by atoms with van der Waals surface area (Å²) in [6, 6.07) is 12.2. The second-order valence-corrected chi connectivity index (χ2v) is 6.03. The molecule has 0 atom stereocenters. The van der Waals surface area contributed by atoms with E-state index in [0.29, 0.717) is 13.2 Å². The second-order valence-electron chi connectivity index (χ2n) is 6.03. The van der Waals surface area contributed by atoms with Crippen molar-refractivity contribution in [2.75, 3.05) is 40.8 Å². The maximum Gasteiger partial charge on any atom is 0.191 e. The molecule has 2 aromatic rings. The lowest BCUT2D eigenvalue weighted by Crippen LogP contribution is -2.38. The number of nitrogens with zero attached hydrogens (tertiary/aromatic N) is 3. The van der Waals surface area contributed by atoms with E-state index >= 15 is 0 Å². The highest BCUT2D eigenvalue weighted by Crippen LogP contribution is 2.17. The smallest absolute Gasteiger partial charge is 0.191 e. The Balaban J connectivity index is 0.00000338. The predicted octanol–water partition coefficient (Wildman–Crippen LogP) is 2.41. The average Bonchev–Trinajstić information content (AvgIpc) is 3.12. The van der Waals surface area contributed by atoms with Gasteiger partial charge in [0.15, 0.2) is 5.96 Å². The first kappa shape index (κ1) is 22.3. The number of likely N-dealkylation sites (N-methyl/N-ethyl adjacent to an activating group) is 1. The molecule has 1 aromatic carbocycles. The summed E-state index contributed by atoms with van der Waals surface area (Å²) >= 11 is 0. The fourth-order valence-electron chi connectivity index (χ4n) is 2.35. The Bertz CT molecular complexity index is 643. The van der Waals surface area contributed by atoms with Gasteiger partial charge in [-0.3, -0.25) is 4.99 Å². The molecule has 0 aliphatic carbocycles. The van der Waals surface area contributed by atoms with Gasteiger partial charge in [0.05, 0.1) is 0 Å². The van der Waals surface area contributed by atoms with Gasteiger partial charge in [0.25, 0.3) is 0 Å². The van der Waals surface area contributed by atoms with Crippen LogP contribution in [-0.4, -0.2) is 56.3 Å². The normalized spacial score (nSPS) is 11.2. The minimum absolute atomic E-state index is 0. The molecular weight excluding hydrogens is 441 g/mol. The minimum Gasteiger partial charge on any atom is -0.492 e. The lowest BCUT2D eigenvalue weighted by Gasteiger charge is -2.16. The zero-order valence-corrected chi connectivity index (χ0v) is 18.1. The van der Waals surface area contributed by atoms with Gasteiger partial charge in [-0.05, 0) is 32.3 Å². The maximum atomic E-state index is 5.90. The number of guanidine groups is 1. The monoisotopic (exact) mass is 471 g/mol. The fourth-order valence-corrected chi connectivity index (χ4v) is 2.35. The highest BCUT2D eigenvalue weighted by Gasteiger charge is 2.05. The van der Waals surface area contributed by atoms with Crippen molar-refractivity contribution in [2.24, 2.45) is 4.99 Å². The van der Waals surface area contributed by atoms with Crippen LogP contribution in [0.15, 0.2) is 53.8 Å². The summed E-state index contributed by atoms with van der Waals surface area (Å²) in [6.07, 6.45) is 4.11. The van der Waals surface area contributed by atoms with Gasteiger partial charge in [0.1, 0.15) is 12.4 Å². The van der Waals surface area contributed by atoms with E-state index in [1.807, 2.05) is 44.4 Å². The summed E-state index contributed by atoms with van der Waals surface area (Å²) in [5.41, 5.74) is 1.12. The van der Waals surface area contributed by atoms with E-state index < -0.39 is 0 Å². The van der Waals surface area contributed by atoms with E-state index in [-0.39, 0.29) is 24.0 Å². The molecule has 0 spiro atoms. The molecule has 7 heteroatoms. The summed E-state index contributed by atoms with van der Waals surface area (Å²) < 4.78 is 8.03. The zero-order chi connectivity index (χ0) is 17.9. The number of aliphatic imine (C=N–C) groups is 1. The molecule has 0 amide bonds. The van der Waals surface area contributed by atoms with Gasteiger partial charge in [0, 0.05) is 51.2 Å². The number of ether oxygens (including phenoxy) is 1. The maximum absolute atomic E-state index is 5.90. The van der Waals surface area contributed by atoms with Gasteiger partial charge in [-0.2, -0.15) is 0 Å². The third-order valence-corrected chi connectivity index (χ3v) is 3.77. The first-order valence-corrected chi connectivity index (χ1v) is 8.59. The largest absolute Gasteiger partial charge is 0.492 e. The molecule has 1 aromatic heterocycles. The number of halogens is 1. The third-order valence-electron chi connectivity index (χ3n) is 3.77. The Labute approximate surface area is 173 Å². The minimum atomic E-state index is 0. The van der Waals surface area contributed by atoms with Crippen molar-refractivity contribution < 1.29 is 4.74 Å². The molecule has 0 radical (unpaired) electrons. The number of para-hydroxylation sites is 1. The average molecular weight is 471 g/mol. The van der Waals surface area contributed by atoms with Crippen molar-refractivity contribution in [3.63, 3.8) is 0 Å². The molecule has 1 heterocycles. The van der Waals surface area contributed by atoms with E-state index in [1.165, 1.54) is 0 Å². The van der Waals surface area contributed by atoms with Gasteiger partial charge >= 0.3 is 0 Å². The van der Waals surface area contributed by atoms with Crippen LogP contribution in [0.3, 0.4) is 0 Å². The van der Waals surface area contributed by atoms with Crippen LogP contribution < -0.4 is 15.4 Å². The zero-order valence-electron chi connectivity index (χ0n) is 15.8. The van der Waals surface area contributed by atoms with E-state index in [9.17, 15) is 0 Å². The molecule has 6 nitrogen and oxygen atoms in total. The van der Waals surface area contributed by atoms with Crippen LogP contribution in [0.25, 0.3) is 0 Å². The van der Waals surface area contributed by atoms with Crippen LogP contribution in [0.5, 0.6) is 5.75 Å². The van der Waals surface area contributed by atoms with E-state index in [2.05, 4.69) is 43.6 Å². The number of benzene rings is 1. The van der Waals surface area contributed by atoms with Crippen molar-refractivity contribution in [3.8, 4) is 5.75 Å². The molecule has 26 heavy (non-hydrogen) atoms. The molecule has 0 saturated heterocycles. The van der Waals surface area contributed by atoms with Crippen molar-refractivity contribution in [1.29, 1.82) is 0 Å². The van der Waals surface area contributed by atoms with Crippen molar-refractivity contribution >= 4 is 29.9 Å². The van der Waals surface area contributed by atoms with Crippen molar-refractivity contribution in [2.45, 2.75) is 13.1 Å². The Hall–Kier alpha value is -1.74. The number of rotatable bonds is 9. The summed E-state index contributed by atoms with van der Waals surface area (Å²) in [4.78, 5) is 6.38. The molecule has 2 rings (SSSR count). The van der Waals surface area contributed by atoms with Crippen LogP contribution in [0.4, 0.5) is 0 Å². The van der Waals surface area contributed by atoms with Crippen LogP contribution in [0.2, 0.25) is 0 Å². The van der Waals surface area contributed by atoms with Crippen LogP contribution >= 0.6 is 24.0 Å². The quantitative estimate of drug-likeness (QED) is 0.335. The van der Waals surface area contributed by atoms with Crippen molar-refractivity contribution in [3.05, 3.63) is 54.4 Å². The van der Waals surface area contributed by atoms with Crippen molar-refractivity contribution in [1.82, 2.24) is 20.1 Å². The first-order valence-electron chi connectivity index (χ1n) is 8.59. The number of hydrogen-bond donors (Lipinski definition) is 2. The fraction of sp³-hybridized carbons (Fsp3) is 0.421. The Morgan fingerprint density at radius 2 is 1.85 bits per heavy atom. The summed E-state index contributed by atoms with van der Waals surface area (Å²) in [5, 5.41) is 6.67. The van der Waals surface area contributed by atoms with E-state index in [4.69, 9.17) is 4.74 Å². The lowest BCUT2D eigenvalue weighted by molar-refractivity contribution is 0.259. The molecule has 0 saturated carbocycles. The molecule has 0 fully saturated rings. The lowest BCUT2D eigenvalue weighted by atomic mass is 10.2. The van der Waals surface area contributed by atoms with E-state index in [1.54, 1.807) is 7.05 Å². The van der Waals surface area contributed by atoms with Crippen LogP contribution in [-0.2, 0) is 13.1 Å². The third kappa shape index (κ3) is 8.09. The van der Waals surface area contributed by atoms with Gasteiger partial charge in [-0.1, -0.05) is 18.2 Å². The first-order chi connectivity index (χ1) is 12.2. The van der Waals surface area contributed by atoms with Gasteiger partial charge < -0.3 is 24.8 Å². The molecule has 0 unspecified atom stereocenters. The molecule has 0 aliphatic heterocycles. The Morgan fingerprint density at radius 1 is 1.12 bits per heavy atom. The summed E-state index contributed by atoms with van der Waals surface area (Å²) in [5.74, 6) is 1.70. The number of hydrogen-bond acceptors (Lipinski definition) is 3. The van der Waals surface area contributed by atoms with Gasteiger partial charge in [-0.25, -0.2) is 0 Å². The topological polar surface area (TPSA) is 53.8 Å². The molecular formula is C19H30IN5O. The Morgan fingerprint density at radius 3 is 2.54 bits per heavy atom. The van der Waals surface area contributed by atoms with Crippen LogP contribution in [0.1, 0.15) is 5.56 Å². The van der Waals surface area contributed by atoms with Gasteiger partial charge in [0.2, 0.25) is 0 Å².